The minimum atomic E-state index is 0.271. The Bertz CT molecular complexity index is 980. The van der Waals surface area contributed by atoms with E-state index in [4.69, 9.17) is 0 Å². The first-order valence-corrected chi connectivity index (χ1v) is 8.49. The largest absolute Gasteiger partial charge is 0.507 e. The molecule has 0 aliphatic carbocycles. The fourth-order valence-electron chi connectivity index (χ4n) is 3.17. The summed E-state index contributed by atoms with van der Waals surface area (Å²) in [5, 5.41) is 20.2. The number of hydrogen-bond donors (Lipinski definition) is 2. The molecule has 4 aromatic carbocycles. The molecule has 0 atom stereocenters. The zero-order valence-corrected chi connectivity index (χ0v) is 14.1. The highest BCUT2D eigenvalue weighted by Crippen LogP contribution is 2.34. The van der Waals surface area contributed by atoms with E-state index in [1.54, 1.807) is 12.1 Å². The lowest BCUT2D eigenvalue weighted by Crippen LogP contribution is -1.84. The van der Waals surface area contributed by atoms with E-state index in [1.165, 1.54) is 0 Å². The fourth-order valence-corrected chi connectivity index (χ4v) is 3.17. The molecule has 4 rings (SSSR count). The molecular formula is C24H18O2. The highest BCUT2D eigenvalue weighted by molar-refractivity contribution is 5.79. The summed E-state index contributed by atoms with van der Waals surface area (Å²) < 4.78 is 0. The van der Waals surface area contributed by atoms with Gasteiger partial charge in [-0.2, -0.15) is 0 Å². The Hall–Kier alpha value is -3.52. The highest BCUT2D eigenvalue weighted by atomic mass is 16.3. The van der Waals surface area contributed by atoms with E-state index in [2.05, 4.69) is 12.1 Å². The first-order chi connectivity index (χ1) is 12.7. The molecule has 126 valence electrons. The SMILES string of the molecule is Oc1ccccc1-c1cccc(-c2cccc(-c3ccccc3O)c2)c1. The van der Waals surface area contributed by atoms with E-state index >= 15 is 0 Å². The van der Waals surface area contributed by atoms with E-state index in [1.807, 2.05) is 72.8 Å². The van der Waals surface area contributed by atoms with Gasteiger partial charge < -0.3 is 10.2 Å². The van der Waals surface area contributed by atoms with Crippen molar-refractivity contribution >= 4 is 0 Å². The molecule has 0 saturated carbocycles. The molecular weight excluding hydrogens is 320 g/mol. The van der Waals surface area contributed by atoms with Crippen LogP contribution in [0.2, 0.25) is 0 Å². The first kappa shape index (κ1) is 16.0. The number of rotatable bonds is 3. The molecule has 0 aliphatic rings. The van der Waals surface area contributed by atoms with Crippen LogP contribution in [0.4, 0.5) is 0 Å². The highest BCUT2D eigenvalue weighted by Gasteiger charge is 2.08. The van der Waals surface area contributed by atoms with Crippen LogP contribution in [0.15, 0.2) is 97.1 Å². The first-order valence-electron chi connectivity index (χ1n) is 8.49. The molecule has 0 saturated heterocycles. The van der Waals surface area contributed by atoms with Crippen molar-refractivity contribution in [1.29, 1.82) is 0 Å². The minimum Gasteiger partial charge on any atom is -0.507 e. The fraction of sp³-hybridized carbons (Fsp3) is 0. The van der Waals surface area contributed by atoms with Crippen LogP contribution in [0.1, 0.15) is 0 Å². The standard InChI is InChI=1S/C24H18O2/c25-23-13-3-1-11-21(23)19-9-5-7-17(15-19)18-8-6-10-20(16-18)22-12-2-4-14-24(22)26/h1-16,25-26H. The van der Waals surface area contributed by atoms with Crippen molar-refractivity contribution in [1.82, 2.24) is 0 Å². The summed E-state index contributed by atoms with van der Waals surface area (Å²) in [5.41, 5.74) is 5.67. The van der Waals surface area contributed by atoms with Crippen molar-refractivity contribution in [2.45, 2.75) is 0 Å². The van der Waals surface area contributed by atoms with E-state index in [0.717, 1.165) is 33.4 Å². The average Bonchev–Trinajstić information content (AvgIpc) is 2.69. The maximum atomic E-state index is 10.1. The van der Waals surface area contributed by atoms with E-state index < -0.39 is 0 Å². The van der Waals surface area contributed by atoms with Crippen molar-refractivity contribution in [3.05, 3.63) is 97.1 Å². The molecule has 2 nitrogen and oxygen atoms in total. The molecule has 0 spiro atoms. The number of para-hydroxylation sites is 2. The van der Waals surface area contributed by atoms with Gasteiger partial charge in [-0.1, -0.05) is 72.8 Å². The lowest BCUT2D eigenvalue weighted by Gasteiger charge is -2.10. The Kier molecular flexibility index (Phi) is 4.16. The summed E-state index contributed by atoms with van der Waals surface area (Å²) in [6.45, 7) is 0. The topological polar surface area (TPSA) is 40.5 Å². The van der Waals surface area contributed by atoms with Crippen LogP contribution in [0.5, 0.6) is 11.5 Å². The van der Waals surface area contributed by atoms with Gasteiger partial charge in [0.2, 0.25) is 0 Å². The molecule has 0 radical (unpaired) electrons. The molecule has 0 fully saturated rings. The van der Waals surface area contributed by atoms with Crippen molar-refractivity contribution in [2.75, 3.05) is 0 Å². The van der Waals surface area contributed by atoms with Gasteiger partial charge in [-0.25, -0.2) is 0 Å². The average molecular weight is 338 g/mol. The van der Waals surface area contributed by atoms with Crippen molar-refractivity contribution < 1.29 is 10.2 Å². The van der Waals surface area contributed by atoms with Crippen LogP contribution in [-0.2, 0) is 0 Å². The van der Waals surface area contributed by atoms with Gasteiger partial charge in [-0.3, -0.25) is 0 Å². The maximum Gasteiger partial charge on any atom is 0.123 e. The molecule has 0 bridgehead atoms. The van der Waals surface area contributed by atoms with Gasteiger partial charge in [0, 0.05) is 11.1 Å². The zero-order valence-electron chi connectivity index (χ0n) is 14.1. The molecule has 0 unspecified atom stereocenters. The van der Waals surface area contributed by atoms with Gasteiger partial charge in [0.05, 0.1) is 0 Å². The van der Waals surface area contributed by atoms with E-state index in [0.29, 0.717) is 0 Å². The lowest BCUT2D eigenvalue weighted by atomic mass is 9.96. The number of benzene rings is 4. The van der Waals surface area contributed by atoms with Crippen molar-refractivity contribution in [3.8, 4) is 44.9 Å². The van der Waals surface area contributed by atoms with Crippen LogP contribution in [0, 0.1) is 0 Å². The molecule has 26 heavy (non-hydrogen) atoms. The molecule has 0 heterocycles. The molecule has 0 aliphatic heterocycles. The third kappa shape index (κ3) is 3.05. The molecule has 0 amide bonds. The van der Waals surface area contributed by atoms with Crippen molar-refractivity contribution in [3.63, 3.8) is 0 Å². The third-order valence-corrected chi connectivity index (χ3v) is 4.49. The second-order valence-electron chi connectivity index (χ2n) is 6.20. The Labute approximate surface area is 152 Å². The van der Waals surface area contributed by atoms with Gasteiger partial charge in [0.25, 0.3) is 0 Å². The summed E-state index contributed by atoms with van der Waals surface area (Å²) in [6.07, 6.45) is 0. The van der Waals surface area contributed by atoms with Gasteiger partial charge >= 0.3 is 0 Å². The molecule has 0 aromatic heterocycles. The summed E-state index contributed by atoms with van der Waals surface area (Å²) >= 11 is 0. The molecule has 2 heteroatoms. The molecule has 4 aromatic rings. The summed E-state index contributed by atoms with van der Waals surface area (Å²) in [5.74, 6) is 0.542. The predicted molar refractivity (Wildman–Crippen MR) is 106 cm³/mol. The summed E-state index contributed by atoms with van der Waals surface area (Å²) in [4.78, 5) is 0. The number of hydrogen-bond acceptors (Lipinski definition) is 2. The van der Waals surface area contributed by atoms with Gasteiger partial charge in [0.15, 0.2) is 0 Å². The van der Waals surface area contributed by atoms with Crippen LogP contribution >= 0.6 is 0 Å². The normalized spacial score (nSPS) is 10.6. The predicted octanol–water partition coefficient (Wildman–Crippen LogP) is 6.10. The van der Waals surface area contributed by atoms with Crippen LogP contribution in [0.25, 0.3) is 33.4 Å². The monoisotopic (exact) mass is 338 g/mol. The Morgan fingerprint density at radius 2 is 0.769 bits per heavy atom. The summed E-state index contributed by atoms with van der Waals surface area (Å²) in [6, 6.07) is 30.9. The summed E-state index contributed by atoms with van der Waals surface area (Å²) in [7, 11) is 0. The maximum absolute atomic E-state index is 10.1. The number of phenols is 2. The molecule has 2 N–H and O–H groups in total. The van der Waals surface area contributed by atoms with Crippen molar-refractivity contribution in [2.24, 2.45) is 0 Å². The van der Waals surface area contributed by atoms with E-state index in [9.17, 15) is 10.2 Å². The van der Waals surface area contributed by atoms with Crippen LogP contribution < -0.4 is 0 Å². The third-order valence-electron chi connectivity index (χ3n) is 4.49. The Morgan fingerprint density at radius 1 is 0.385 bits per heavy atom. The zero-order chi connectivity index (χ0) is 17.9. The van der Waals surface area contributed by atoms with Gasteiger partial charge in [-0.05, 0) is 46.5 Å². The lowest BCUT2D eigenvalue weighted by molar-refractivity contribution is 0.477. The second kappa shape index (κ2) is 6.77. The Balaban J connectivity index is 1.78. The smallest absolute Gasteiger partial charge is 0.123 e. The minimum absolute atomic E-state index is 0.271. The number of aromatic hydroxyl groups is 2. The number of phenolic OH excluding ortho intramolecular Hbond substituents is 2. The van der Waals surface area contributed by atoms with E-state index in [-0.39, 0.29) is 11.5 Å². The quantitative estimate of drug-likeness (QED) is 0.474. The van der Waals surface area contributed by atoms with Crippen LogP contribution in [-0.4, -0.2) is 10.2 Å². The van der Waals surface area contributed by atoms with Gasteiger partial charge in [0.1, 0.15) is 11.5 Å². The Morgan fingerprint density at radius 3 is 1.19 bits per heavy atom. The second-order valence-corrected chi connectivity index (χ2v) is 6.20. The van der Waals surface area contributed by atoms with Gasteiger partial charge in [-0.15, -0.1) is 0 Å². The van der Waals surface area contributed by atoms with Crippen LogP contribution in [0.3, 0.4) is 0 Å².